The van der Waals surface area contributed by atoms with E-state index in [-0.39, 0.29) is 6.03 Å². The summed E-state index contributed by atoms with van der Waals surface area (Å²) in [7, 11) is 0. The predicted octanol–water partition coefficient (Wildman–Crippen LogP) is 3.40. The Bertz CT molecular complexity index is 932. The summed E-state index contributed by atoms with van der Waals surface area (Å²) in [6.07, 6.45) is 1.93. The molecule has 4 rings (SSSR count). The summed E-state index contributed by atoms with van der Waals surface area (Å²) in [6, 6.07) is 11.3. The van der Waals surface area contributed by atoms with E-state index in [0.29, 0.717) is 25.6 Å². The fraction of sp³-hybridized carbons (Fsp3) is 0.381. The number of rotatable bonds is 4. The molecule has 2 amide bonds. The first kappa shape index (κ1) is 20.6. The number of anilines is 2. The lowest BCUT2D eigenvalue weighted by atomic mass is 10.2. The Morgan fingerprint density at radius 1 is 1.14 bits per heavy atom. The zero-order valence-electron chi connectivity index (χ0n) is 17.2. The number of fused-ring (bicyclic) bond motifs is 1. The summed E-state index contributed by atoms with van der Waals surface area (Å²) >= 11 is 0. The molecule has 1 aliphatic rings. The summed E-state index contributed by atoms with van der Waals surface area (Å²) in [4.78, 5) is 18.7. The van der Waals surface area contributed by atoms with Crippen LogP contribution >= 0.6 is 0 Å². The quantitative estimate of drug-likeness (QED) is 0.706. The molecule has 3 aromatic rings. The average Bonchev–Trinajstić information content (AvgIpc) is 3.24. The molecule has 0 unspecified atom stereocenters. The number of morpholine rings is 1. The van der Waals surface area contributed by atoms with Crippen molar-refractivity contribution in [1.82, 2.24) is 19.9 Å². The molecule has 1 saturated heterocycles. The van der Waals surface area contributed by atoms with Crippen LogP contribution in [-0.4, -0.2) is 53.5 Å². The second-order valence-corrected chi connectivity index (χ2v) is 6.26. The van der Waals surface area contributed by atoms with E-state index in [1.165, 1.54) is 0 Å². The van der Waals surface area contributed by atoms with E-state index >= 15 is 0 Å². The molecule has 3 heterocycles. The zero-order chi connectivity index (χ0) is 20.6. The Morgan fingerprint density at radius 2 is 1.86 bits per heavy atom. The summed E-state index contributed by atoms with van der Waals surface area (Å²) in [5.41, 5.74) is 2.59. The molecule has 8 heteroatoms. The first-order chi connectivity index (χ1) is 14.2. The summed E-state index contributed by atoms with van der Waals surface area (Å²) < 4.78 is 7.32. The molecule has 29 heavy (non-hydrogen) atoms. The van der Waals surface area contributed by atoms with Gasteiger partial charge in [-0.1, -0.05) is 13.8 Å². The van der Waals surface area contributed by atoms with E-state index in [4.69, 9.17) is 9.72 Å². The maximum atomic E-state index is 11.6. The maximum absolute atomic E-state index is 11.6. The molecule has 0 saturated carbocycles. The number of nitrogens with zero attached hydrogens (tertiary/aromatic N) is 4. The average molecular weight is 396 g/mol. The number of nitrogens with one attached hydrogen (secondary N) is 2. The van der Waals surface area contributed by atoms with Crippen LogP contribution in [0.1, 0.15) is 20.8 Å². The fourth-order valence-corrected chi connectivity index (χ4v) is 3.09. The molecule has 0 aliphatic carbocycles. The molecule has 154 valence electrons. The van der Waals surface area contributed by atoms with Gasteiger partial charge in [0.05, 0.1) is 13.2 Å². The fourth-order valence-electron chi connectivity index (χ4n) is 3.09. The SMILES string of the molecule is CC.CCNC(=O)Nc1ccc(-c2nc(N3CCOCC3)c3cccn3n2)cc1. The second kappa shape index (κ2) is 9.88. The van der Waals surface area contributed by atoms with E-state index in [0.717, 1.165) is 35.7 Å². The van der Waals surface area contributed by atoms with Crippen LogP contribution in [-0.2, 0) is 4.74 Å². The van der Waals surface area contributed by atoms with E-state index in [9.17, 15) is 4.79 Å². The topological polar surface area (TPSA) is 83.8 Å². The zero-order valence-corrected chi connectivity index (χ0v) is 17.2. The number of carbonyl (C=O) groups is 1. The van der Waals surface area contributed by atoms with Crippen molar-refractivity contribution in [3.05, 3.63) is 42.6 Å². The molecule has 0 atom stereocenters. The number of urea groups is 1. The lowest BCUT2D eigenvalue weighted by molar-refractivity contribution is 0.122. The van der Waals surface area contributed by atoms with Crippen molar-refractivity contribution in [3.8, 4) is 11.4 Å². The maximum Gasteiger partial charge on any atom is 0.319 e. The Kier molecular flexibility index (Phi) is 7.02. The van der Waals surface area contributed by atoms with Gasteiger partial charge < -0.3 is 20.3 Å². The number of hydrogen-bond acceptors (Lipinski definition) is 5. The van der Waals surface area contributed by atoms with Crippen LogP contribution in [0.25, 0.3) is 16.9 Å². The van der Waals surface area contributed by atoms with Gasteiger partial charge >= 0.3 is 6.03 Å². The smallest absolute Gasteiger partial charge is 0.319 e. The highest BCUT2D eigenvalue weighted by Crippen LogP contribution is 2.25. The van der Waals surface area contributed by atoms with Crippen LogP contribution in [0.3, 0.4) is 0 Å². The largest absolute Gasteiger partial charge is 0.378 e. The van der Waals surface area contributed by atoms with Crippen molar-refractivity contribution in [2.75, 3.05) is 43.1 Å². The van der Waals surface area contributed by atoms with Gasteiger partial charge in [0.2, 0.25) is 0 Å². The lowest BCUT2D eigenvalue weighted by Gasteiger charge is -2.28. The van der Waals surface area contributed by atoms with Crippen molar-refractivity contribution >= 4 is 23.1 Å². The third kappa shape index (κ3) is 4.83. The van der Waals surface area contributed by atoms with Crippen LogP contribution in [0.15, 0.2) is 42.6 Å². The van der Waals surface area contributed by atoms with Crippen molar-refractivity contribution in [3.63, 3.8) is 0 Å². The van der Waals surface area contributed by atoms with Gasteiger partial charge in [-0.2, -0.15) is 0 Å². The molecule has 1 aromatic carbocycles. The standard InChI is InChI=1S/C19H22N6O2.C2H6/c1-2-20-19(26)21-15-7-5-14(6-8-15)17-22-18(24-10-12-27-13-11-24)16-4-3-9-25(16)23-17;1-2/h3-9H,2,10-13H2,1H3,(H2,20,21,26);1-2H3. The molecule has 2 aromatic heterocycles. The third-order valence-electron chi connectivity index (χ3n) is 4.42. The van der Waals surface area contributed by atoms with Crippen LogP contribution in [0.2, 0.25) is 0 Å². The molecular weight excluding hydrogens is 368 g/mol. The molecule has 8 nitrogen and oxygen atoms in total. The Morgan fingerprint density at radius 3 is 2.55 bits per heavy atom. The minimum Gasteiger partial charge on any atom is -0.378 e. The second-order valence-electron chi connectivity index (χ2n) is 6.26. The minimum absolute atomic E-state index is 0.218. The highest BCUT2D eigenvalue weighted by Gasteiger charge is 2.18. The van der Waals surface area contributed by atoms with Crippen LogP contribution < -0.4 is 15.5 Å². The van der Waals surface area contributed by atoms with Gasteiger partial charge in [-0.15, -0.1) is 5.10 Å². The van der Waals surface area contributed by atoms with Crippen molar-refractivity contribution in [2.45, 2.75) is 20.8 Å². The number of ether oxygens (including phenoxy) is 1. The van der Waals surface area contributed by atoms with Gasteiger partial charge in [-0.25, -0.2) is 14.3 Å². The van der Waals surface area contributed by atoms with E-state index < -0.39 is 0 Å². The monoisotopic (exact) mass is 396 g/mol. The number of hydrogen-bond donors (Lipinski definition) is 2. The first-order valence-electron chi connectivity index (χ1n) is 10.1. The molecule has 0 radical (unpaired) electrons. The molecule has 1 aliphatic heterocycles. The lowest BCUT2D eigenvalue weighted by Crippen LogP contribution is -2.37. The van der Waals surface area contributed by atoms with Gasteiger partial charge in [0.25, 0.3) is 0 Å². The van der Waals surface area contributed by atoms with Gasteiger partial charge in [-0.3, -0.25) is 0 Å². The number of carbonyl (C=O) groups excluding carboxylic acids is 1. The molecule has 1 fully saturated rings. The highest BCUT2D eigenvalue weighted by molar-refractivity contribution is 5.89. The number of benzene rings is 1. The van der Waals surface area contributed by atoms with E-state index in [2.05, 4.69) is 20.6 Å². The normalized spacial score (nSPS) is 13.6. The van der Waals surface area contributed by atoms with Gasteiger partial charge in [0.15, 0.2) is 11.6 Å². The summed E-state index contributed by atoms with van der Waals surface area (Å²) in [5.74, 6) is 1.56. The highest BCUT2D eigenvalue weighted by atomic mass is 16.5. The molecular formula is C21H28N6O2. The van der Waals surface area contributed by atoms with Crippen LogP contribution in [0.5, 0.6) is 0 Å². The van der Waals surface area contributed by atoms with Crippen LogP contribution in [0.4, 0.5) is 16.3 Å². The summed E-state index contributed by atoms with van der Waals surface area (Å²) in [5, 5.41) is 10.1. The molecule has 0 spiro atoms. The van der Waals surface area contributed by atoms with Crippen molar-refractivity contribution in [2.24, 2.45) is 0 Å². The van der Waals surface area contributed by atoms with E-state index in [1.807, 2.05) is 67.9 Å². The van der Waals surface area contributed by atoms with Crippen LogP contribution in [0, 0.1) is 0 Å². The van der Waals surface area contributed by atoms with Gasteiger partial charge in [0.1, 0.15) is 5.52 Å². The summed E-state index contributed by atoms with van der Waals surface area (Å²) in [6.45, 7) is 9.49. The van der Waals surface area contributed by atoms with Gasteiger partial charge in [-0.05, 0) is 43.3 Å². The van der Waals surface area contributed by atoms with Crippen molar-refractivity contribution in [1.29, 1.82) is 0 Å². The Balaban J connectivity index is 0.00000117. The molecule has 0 bridgehead atoms. The Hall–Kier alpha value is -3.13. The van der Waals surface area contributed by atoms with Gasteiger partial charge in [0, 0.05) is 37.1 Å². The first-order valence-corrected chi connectivity index (χ1v) is 10.1. The number of amides is 2. The predicted molar refractivity (Wildman–Crippen MR) is 115 cm³/mol. The van der Waals surface area contributed by atoms with E-state index in [1.54, 1.807) is 0 Å². The molecule has 2 N–H and O–H groups in total. The third-order valence-corrected chi connectivity index (χ3v) is 4.42. The minimum atomic E-state index is -0.218. The number of aromatic nitrogens is 3. The Labute approximate surface area is 170 Å². The van der Waals surface area contributed by atoms with Crippen molar-refractivity contribution < 1.29 is 9.53 Å².